The Hall–Kier alpha value is -3.27. The van der Waals surface area contributed by atoms with Crippen molar-refractivity contribution < 1.29 is 28.5 Å². The number of phenols is 2. The number of sulfonamides is 1. The summed E-state index contributed by atoms with van der Waals surface area (Å²) in [6.07, 6.45) is 1.11. The minimum Gasteiger partial charge on any atom is -0.506 e. The second kappa shape index (κ2) is 11.2. The third-order valence-corrected chi connectivity index (χ3v) is 5.91. The predicted molar refractivity (Wildman–Crippen MR) is 132 cm³/mol. The van der Waals surface area contributed by atoms with Crippen LogP contribution in [0, 0.1) is 0 Å². The van der Waals surface area contributed by atoms with Crippen molar-refractivity contribution in [2.75, 3.05) is 24.6 Å². The molecule has 0 bridgehead atoms. The average Bonchev–Trinajstić information content (AvgIpc) is 2.78. The quantitative estimate of drug-likeness (QED) is 0.264. The van der Waals surface area contributed by atoms with Crippen molar-refractivity contribution in [3.8, 4) is 17.2 Å². The van der Waals surface area contributed by atoms with Gasteiger partial charge >= 0.3 is 0 Å². The minimum atomic E-state index is -3.55. The maximum Gasteiger partial charge on any atom is 0.229 e. The van der Waals surface area contributed by atoms with Crippen LogP contribution in [0.15, 0.2) is 66.7 Å². The topological polar surface area (TPSA) is 128 Å². The van der Waals surface area contributed by atoms with Crippen molar-refractivity contribution in [3.05, 3.63) is 83.4 Å². The van der Waals surface area contributed by atoms with Crippen molar-refractivity contribution in [1.82, 2.24) is 5.32 Å². The molecule has 8 nitrogen and oxygen atoms in total. The van der Waals surface area contributed by atoms with E-state index in [9.17, 15) is 23.7 Å². The highest BCUT2D eigenvalue weighted by Gasteiger charge is 2.17. The normalized spacial score (nSPS) is 13.3. The summed E-state index contributed by atoms with van der Waals surface area (Å²) >= 11 is 0. The Labute approximate surface area is 199 Å². The van der Waals surface area contributed by atoms with Crippen LogP contribution in [0.25, 0.3) is 0 Å². The van der Waals surface area contributed by atoms with Crippen molar-refractivity contribution in [2.45, 2.75) is 25.0 Å². The summed E-state index contributed by atoms with van der Waals surface area (Å²) in [7, 11) is -2.06. The van der Waals surface area contributed by atoms with E-state index >= 15 is 0 Å². The van der Waals surface area contributed by atoms with Crippen molar-refractivity contribution in [2.24, 2.45) is 0 Å². The third-order valence-electron chi connectivity index (χ3n) is 5.32. The number of anilines is 1. The van der Waals surface area contributed by atoms with E-state index in [4.69, 9.17) is 4.74 Å². The molecule has 3 aromatic rings. The Balaban J connectivity index is 1.72. The molecule has 0 aliphatic heterocycles. The standard InChI is InChI=1S/C25H30N2O6S/c1-33-25-11-9-19(15-24(25)30)21(13-17-6-4-3-5-7-17)26-16-20(28)12-18-8-10-23(29)22(14-18)27-34(2,31)32/h3-11,14-15,20-21,26-30H,12-13,16H2,1-2H3/t20-,21?/m0/s1. The van der Waals surface area contributed by atoms with Gasteiger partial charge in [-0.2, -0.15) is 0 Å². The molecule has 34 heavy (non-hydrogen) atoms. The number of rotatable bonds is 11. The van der Waals surface area contributed by atoms with E-state index in [2.05, 4.69) is 10.0 Å². The summed E-state index contributed by atoms with van der Waals surface area (Å²) in [6.45, 7) is 0.250. The highest BCUT2D eigenvalue weighted by molar-refractivity contribution is 7.92. The molecule has 0 aromatic heterocycles. The van der Waals surface area contributed by atoms with Gasteiger partial charge < -0.3 is 25.4 Å². The second-order valence-corrected chi connectivity index (χ2v) is 9.91. The smallest absolute Gasteiger partial charge is 0.229 e. The molecule has 1 unspecified atom stereocenters. The van der Waals surface area contributed by atoms with Gasteiger partial charge in [0.15, 0.2) is 11.5 Å². The van der Waals surface area contributed by atoms with Crippen LogP contribution in [-0.4, -0.2) is 49.8 Å². The van der Waals surface area contributed by atoms with Gasteiger partial charge in [-0.3, -0.25) is 4.72 Å². The molecule has 2 atom stereocenters. The van der Waals surface area contributed by atoms with Crippen LogP contribution in [0.1, 0.15) is 22.7 Å². The van der Waals surface area contributed by atoms with Gasteiger partial charge in [0.05, 0.1) is 25.2 Å². The Morgan fingerprint density at radius 3 is 2.29 bits per heavy atom. The number of aromatic hydroxyl groups is 2. The monoisotopic (exact) mass is 486 g/mol. The van der Waals surface area contributed by atoms with Gasteiger partial charge in [0.25, 0.3) is 0 Å². The lowest BCUT2D eigenvalue weighted by atomic mass is 9.97. The molecule has 0 spiro atoms. The number of aliphatic hydroxyl groups excluding tert-OH is 1. The summed E-state index contributed by atoms with van der Waals surface area (Å²) in [5.74, 6) is 0.229. The van der Waals surface area contributed by atoms with E-state index in [1.54, 1.807) is 18.2 Å². The van der Waals surface area contributed by atoms with E-state index in [1.165, 1.54) is 19.2 Å². The number of ether oxygens (including phenoxy) is 1. The fourth-order valence-electron chi connectivity index (χ4n) is 3.70. The first-order chi connectivity index (χ1) is 16.1. The van der Waals surface area contributed by atoms with Gasteiger partial charge in [0.1, 0.15) is 5.75 Å². The molecule has 5 N–H and O–H groups in total. The fourth-order valence-corrected chi connectivity index (χ4v) is 4.26. The number of phenolic OH excluding ortho intramolecular Hbond substituents is 2. The van der Waals surface area contributed by atoms with E-state index < -0.39 is 16.1 Å². The number of methoxy groups -OCH3 is 1. The first-order valence-corrected chi connectivity index (χ1v) is 12.7. The molecule has 0 aliphatic carbocycles. The van der Waals surface area contributed by atoms with Gasteiger partial charge in [-0.25, -0.2) is 8.42 Å². The number of hydrogen-bond acceptors (Lipinski definition) is 7. The minimum absolute atomic E-state index is 0.0374. The zero-order valence-electron chi connectivity index (χ0n) is 19.1. The molecule has 0 saturated heterocycles. The lowest BCUT2D eigenvalue weighted by Crippen LogP contribution is -2.32. The molecule has 0 saturated carbocycles. The molecular weight excluding hydrogens is 456 g/mol. The lowest BCUT2D eigenvalue weighted by molar-refractivity contribution is 0.167. The van der Waals surface area contributed by atoms with Crippen LogP contribution in [0.5, 0.6) is 17.2 Å². The molecule has 3 aromatic carbocycles. The highest BCUT2D eigenvalue weighted by atomic mass is 32.2. The summed E-state index contributed by atoms with van der Waals surface area (Å²) in [6, 6.07) is 19.5. The first-order valence-electron chi connectivity index (χ1n) is 10.8. The molecule has 0 aliphatic rings. The Bertz CT molecular complexity index is 1200. The van der Waals surface area contributed by atoms with Crippen molar-refractivity contribution >= 4 is 15.7 Å². The summed E-state index contributed by atoms with van der Waals surface area (Å²) in [5.41, 5.74) is 2.68. The zero-order valence-corrected chi connectivity index (χ0v) is 19.9. The first kappa shape index (κ1) is 25.4. The van der Waals surface area contributed by atoms with Crippen LogP contribution in [0.4, 0.5) is 5.69 Å². The molecular formula is C25H30N2O6S. The lowest BCUT2D eigenvalue weighted by Gasteiger charge is -2.22. The number of benzene rings is 3. The maximum absolute atomic E-state index is 11.5. The largest absolute Gasteiger partial charge is 0.506 e. The Morgan fingerprint density at radius 1 is 0.912 bits per heavy atom. The van der Waals surface area contributed by atoms with Crippen LogP contribution in [-0.2, 0) is 22.9 Å². The van der Waals surface area contributed by atoms with Crippen molar-refractivity contribution in [3.63, 3.8) is 0 Å². The molecule has 0 radical (unpaired) electrons. The zero-order chi connectivity index (χ0) is 24.7. The second-order valence-electron chi connectivity index (χ2n) is 8.17. The number of nitrogens with one attached hydrogen (secondary N) is 2. The predicted octanol–water partition coefficient (Wildman–Crippen LogP) is 2.95. The molecule has 0 fully saturated rings. The van der Waals surface area contributed by atoms with E-state index in [0.29, 0.717) is 17.7 Å². The number of aliphatic hydroxyl groups is 1. The van der Waals surface area contributed by atoms with Crippen molar-refractivity contribution in [1.29, 1.82) is 0 Å². The molecule has 0 heterocycles. The van der Waals surface area contributed by atoms with Gasteiger partial charge in [0, 0.05) is 12.6 Å². The summed E-state index contributed by atoms with van der Waals surface area (Å²) in [5, 5.41) is 34.2. The summed E-state index contributed by atoms with van der Waals surface area (Å²) in [4.78, 5) is 0. The summed E-state index contributed by atoms with van der Waals surface area (Å²) < 4.78 is 30.4. The molecule has 3 rings (SSSR count). The van der Waals surface area contributed by atoms with E-state index in [1.807, 2.05) is 36.4 Å². The Morgan fingerprint density at radius 2 is 1.65 bits per heavy atom. The number of hydrogen-bond donors (Lipinski definition) is 5. The van der Waals surface area contributed by atoms with Crippen LogP contribution in [0.3, 0.4) is 0 Å². The van der Waals surface area contributed by atoms with Crippen LogP contribution in [0.2, 0.25) is 0 Å². The van der Waals surface area contributed by atoms with Gasteiger partial charge in [-0.05, 0) is 53.8 Å². The van der Waals surface area contributed by atoms with Gasteiger partial charge in [-0.1, -0.05) is 42.5 Å². The Kier molecular flexibility index (Phi) is 8.38. The van der Waals surface area contributed by atoms with E-state index in [0.717, 1.165) is 17.4 Å². The van der Waals surface area contributed by atoms with Gasteiger partial charge in [-0.15, -0.1) is 0 Å². The average molecular weight is 487 g/mol. The molecule has 9 heteroatoms. The van der Waals surface area contributed by atoms with E-state index in [-0.39, 0.29) is 36.2 Å². The third kappa shape index (κ3) is 7.38. The maximum atomic E-state index is 11.5. The van der Waals surface area contributed by atoms with Crippen LogP contribution < -0.4 is 14.8 Å². The SMILES string of the molecule is COc1ccc(C(Cc2ccccc2)NC[C@@H](O)Cc2ccc(O)c(NS(C)(=O)=O)c2)cc1O. The molecule has 182 valence electrons. The fraction of sp³-hybridized carbons (Fsp3) is 0.280. The highest BCUT2D eigenvalue weighted by Crippen LogP contribution is 2.30. The van der Waals surface area contributed by atoms with Crippen LogP contribution >= 0.6 is 0 Å². The van der Waals surface area contributed by atoms with Gasteiger partial charge in [0.2, 0.25) is 10.0 Å². The molecule has 0 amide bonds.